The highest BCUT2D eigenvalue weighted by Crippen LogP contribution is 2.45. The Morgan fingerprint density at radius 1 is 1.05 bits per heavy atom. The number of alkyl halides is 3. The Kier molecular flexibility index (Phi) is 7.98. The smallest absolute Gasteiger partial charge is 0.391 e. The van der Waals surface area contributed by atoms with E-state index in [0.29, 0.717) is 47.5 Å². The maximum absolute atomic E-state index is 13.1. The Morgan fingerprint density at radius 2 is 1.77 bits per heavy atom. The molecule has 216 valence electrons. The number of benzene rings is 2. The van der Waals surface area contributed by atoms with Gasteiger partial charge in [0.05, 0.1) is 28.7 Å². The Balaban J connectivity index is 1.30. The molecule has 2 saturated carbocycles. The number of hydrogen-bond donors (Lipinski definition) is 2. The molecule has 1 heterocycles. The summed E-state index contributed by atoms with van der Waals surface area (Å²) in [5.41, 5.74) is 3.26. The van der Waals surface area contributed by atoms with Crippen LogP contribution in [0.2, 0.25) is 0 Å². The van der Waals surface area contributed by atoms with Crippen LogP contribution in [0.3, 0.4) is 0 Å². The summed E-state index contributed by atoms with van der Waals surface area (Å²) in [6, 6.07) is 9.89. The van der Waals surface area contributed by atoms with E-state index in [1.54, 1.807) is 25.1 Å². The largest absolute Gasteiger partial charge is 0.392 e. The number of hydrogen-bond acceptors (Lipinski definition) is 5. The third kappa shape index (κ3) is 6.05. The second-order valence-corrected chi connectivity index (χ2v) is 13.3. The average Bonchev–Trinajstić information content (AvgIpc) is 3.71. The SMILES string of the molecule is CCS(=O)(=O)c1ccc(CNC(=O)c2ccc3c(C4CC4)n(CC4CCC(C(F)(F)F)CC4)nc3c2)c(CO)c1. The van der Waals surface area contributed by atoms with Gasteiger partial charge in [-0.05, 0) is 79.8 Å². The van der Waals surface area contributed by atoms with Crippen LogP contribution in [0, 0.1) is 11.8 Å². The van der Waals surface area contributed by atoms with Crippen molar-refractivity contribution in [2.45, 2.75) is 82.1 Å². The normalized spacial score (nSPS) is 20.1. The molecule has 3 aromatic rings. The number of halogens is 3. The molecule has 5 rings (SSSR count). The van der Waals surface area contributed by atoms with E-state index in [1.165, 1.54) is 12.1 Å². The van der Waals surface area contributed by atoms with Gasteiger partial charge in [-0.3, -0.25) is 9.48 Å². The third-order valence-electron chi connectivity index (χ3n) is 8.27. The molecule has 0 unspecified atom stereocenters. The molecule has 0 radical (unpaired) electrons. The fraction of sp³-hybridized carbons (Fsp3) is 0.517. The van der Waals surface area contributed by atoms with Crippen LogP contribution in [0.4, 0.5) is 13.2 Å². The lowest BCUT2D eigenvalue weighted by molar-refractivity contribution is -0.184. The molecule has 1 amide bonds. The number of carbonyl (C=O) groups is 1. The van der Waals surface area contributed by atoms with Crippen molar-refractivity contribution in [3.05, 3.63) is 58.8 Å². The molecule has 2 aliphatic rings. The van der Waals surface area contributed by atoms with Crippen molar-refractivity contribution in [3.63, 3.8) is 0 Å². The number of aliphatic hydroxyl groups is 1. The summed E-state index contributed by atoms with van der Waals surface area (Å²) in [6.45, 7) is 1.89. The molecule has 0 saturated heterocycles. The van der Waals surface area contributed by atoms with Crippen molar-refractivity contribution < 1.29 is 31.5 Å². The van der Waals surface area contributed by atoms with Crippen LogP contribution < -0.4 is 5.32 Å². The fourth-order valence-electron chi connectivity index (χ4n) is 5.70. The number of carbonyl (C=O) groups excluding carboxylic acids is 1. The van der Waals surface area contributed by atoms with Gasteiger partial charge in [0.15, 0.2) is 9.84 Å². The number of nitrogens with zero attached hydrogens (tertiary/aromatic N) is 2. The average molecular weight is 578 g/mol. The molecule has 1 aromatic heterocycles. The van der Waals surface area contributed by atoms with Gasteiger partial charge in [0, 0.05) is 35.7 Å². The van der Waals surface area contributed by atoms with Gasteiger partial charge in [-0.25, -0.2) is 8.42 Å². The van der Waals surface area contributed by atoms with E-state index in [9.17, 15) is 31.5 Å². The minimum atomic E-state index is -4.12. The van der Waals surface area contributed by atoms with Crippen LogP contribution in [0.1, 0.15) is 78.5 Å². The van der Waals surface area contributed by atoms with E-state index in [0.717, 1.165) is 23.9 Å². The summed E-state index contributed by atoms with van der Waals surface area (Å²) in [5.74, 6) is -1.06. The molecule has 11 heteroatoms. The van der Waals surface area contributed by atoms with Gasteiger partial charge in [-0.1, -0.05) is 19.1 Å². The van der Waals surface area contributed by atoms with Crippen molar-refractivity contribution in [2.24, 2.45) is 11.8 Å². The van der Waals surface area contributed by atoms with Crippen LogP contribution in [0.25, 0.3) is 10.9 Å². The van der Waals surface area contributed by atoms with E-state index in [-0.39, 0.29) is 48.5 Å². The zero-order valence-corrected chi connectivity index (χ0v) is 23.2. The summed E-state index contributed by atoms with van der Waals surface area (Å²) in [6.07, 6.45) is -0.649. The maximum Gasteiger partial charge on any atom is 0.391 e. The van der Waals surface area contributed by atoms with Crippen molar-refractivity contribution in [1.82, 2.24) is 15.1 Å². The summed E-state index contributed by atoms with van der Waals surface area (Å²) in [7, 11) is -3.42. The summed E-state index contributed by atoms with van der Waals surface area (Å²) in [4.78, 5) is 13.1. The van der Waals surface area contributed by atoms with E-state index in [1.807, 2.05) is 10.7 Å². The summed E-state index contributed by atoms with van der Waals surface area (Å²) < 4.78 is 65.6. The number of fused-ring (bicyclic) bond motifs is 1. The zero-order chi connectivity index (χ0) is 28.7. The topological polar surface area (TPSA) is 101 Å². The Hall–Kier alpha value is -2.92. The first-order valence-electron chi connectivity index (χ1n) is 13.8. The van der Waals surface area contributed by atoms with Gasteiger partial charge < -0.3 is 10.4 Å². The fourth-order valence-corrected chi connectivity index (χ4v) is 6.63. The van der Waals surface area contributed by atoms with Crippen LogP contribution in [0.15, 0.2) is 41.3 Å². The number of aliphatic hydroxyl groups excluding tert-OH is 1. The lowest BCUT2D eigenvalue weighted by atomic mass is 9.81. The van der Waals surface area contributed by atoms with Gasteiger partial charge in [0.2, 0.25) is 0 Å². The Labute approximate surface area is 231 Å². The van der Waals surface area contributed by atoms with Crippen LogP contribution in [0.5, 0.6) is 0 Å². The number of sulfone groups is 1. The molecule has 2 N–H and O–H groups in total. The lowest BCUT2D eigenvalue weighted by Gasteiger charge is -2.30. The first kappa shape index (κ1) is 28.6. The van der Waals surface area contributed by atoms with Crippen molar-refractivity contribution in [1.29, 1.82) is 0 Å². The van der Waals surface area contributed by atoms with Crippen molar-refractivity contribution in [2.75, 3.05) is 5.75 Å². The summed E-state index contributed by atoms with van der Waals surface area (Å²) in [5, 5.41) is 18.4. The van der Waals surface area contributed by atoms with E-state index >= 15 is 0 Å². The monoisotopic (exact) mass is 577 g/mol. The highest BCUT2D eigenvalue weighted by Gasteiger charge is 2.41. The van der Waals surface area contributed by atoms with Crippen molar-refractivity contribution >= 4 is 26.6 Å². The van der Waals surface area contributed by atoms with E-state index in [2.05, 4.69) is 5.32 Å². The highest BCUT2D eigenvalue weighted by molar-refractivity contribution is 7.91. The predicted octanol–water partition coefficient (Wildman–Crippen LogP) is 5.50. The predicted molar refractivity (Wildman–Crippen MR) is 144 cm³/mol. The van der Waals surface area contributed by atoms with Gasteiger partial charge in [0.25, 0.3) is 5.91 Å². The Morgan fingerprint density at radius 3 is 2.40 bits per heavy atom. The molecule has 0 bridgehead atoms. The minimum absolute atomic E-state index is 0.0478. The molecule has 0 aliphatic heterocycles. The molecule has 2 aliphatic carbocycles. The number of aromatic nitrogens is 2. The maximum atomic E-state index is 13.1. The molecule has 40 heavy (non-hydrogen) atoms. The van der Waals surface area contributed by atoms with Gasteiger partial charge in [-0.15, -0.1) is 0 Å². The first-order chi connectivity index (χ1) is 19.0. The quantitative estimate of drug-likeness (QED) is 0.350. The van der Waals surface area contributed by atoms with Crippen LogP contribution in [-0.2, 0) is 29.5 Å². The molecule has 0 spiro atoms. The second-order valence-electron chi connectivity index (χ2n) is 11.0. The van der Waals surface area contributed by atoms with Crippen LogP contribution >= 0.6 is 0 Å². The summed E-state index contributed by atoms with van der Waals surface area (Å²) >= 11 is 0. The standard InChI is InChI=1S/C29H34F3N3O4S/c1-2-40(38,39)24-11-7-21(22(13-24)17-36)15-33-28(37)20-8-12-25-26(14-20)34-35(27(25)19-5-6-19)16-18-3-9-23(10-4-18)29(30,31)32/h7-8,11-14,18-19,23,36H,2-6,9-10,15-17H2,1H3,(H,33,37). The number of amides is 1. The molecular formula is C29H34F3N3O4S. The van der Waals surface area contributed by atoms with Gasteiger partial charge in [-0.2, -0.15) is 18.3 Å². The zero-order valence-electron chi connectivity index (χ0n) is 22.4. The number of nitrogens with one attached hydrogen (secondary N) is 1. The molecule has 7 nitrogen and oxygen atoms in total. The first-order valence-corrected chi connectivity index (χ1v) is 15.5. The second kappa shape index (κ2) is 11.2. The van der Waals surface area contributed by atoms with Crippen molar-refractivity contribution in [3.8, 4) is 0 Å². The van der Waals surface area contributed by atoms with Gasteiger partial charge >= 0.3 is 6.18 Å². The van der Waals surface area contributed by atoms with E-state index < -0.39 is 21.9 Å². The van der Waals surface area contributed by atoms with E-state index in [4.69, 9.17) is 5.10 Å². The van der Waals surface area contributed by atoms with Crippen LogP contribution in [-0.4, -0.2) is 41.1 Å². The highest BCUT2D eigenvalue weighted by atomic mass is 32.2. The Bertz CT molecular complexity index is 1500. The molecule has 2 fully saturated rings. The van der Waals surface area contributed by atoms with Gasteiger partial charge in [0.1, 0.15) is 0 Å². The minimum Gasteiger partial charge on any atom is -0.392 e. The molecular weight excluding hydrogens is 543 g/mol. The third-order valence-corrected chi connectivity index (χ3v) is 10.0. The lowest BCUT2D eigenvalue weighted by Crippen LogP contribution is -2.29. The molecule has 0 atom stereocenters. The number of rotatable bonds is 9. The molecule has 2 aromatic carbocycles.